The first-order chi connectivity index (χ1) is 20.4. The molecular formula is C33H34ClN3O5S. The van der Waals surface area contributed by atoms with Crippen molar-refractivity contribution in [3.63, 3.8) is 0 Å². The molecular weight excluding hydrogens is 586 g/mol. The van der Waals surface area contributed by atoms with Crippen LogP contribution in [0.25, 0.3) is 11.0 Å². The molecule has 224 valence electrons. The van der Waals surface area contributed by atoms with Gasteiger partial charge in [0.1, 0.15) is 23.1 Å². The number of halogens is 1. The monoisotopic (exact) mass is 619 g/mol. The number of guanidine groups is 1. The average Bonchev–Trinajstić information content (AvgIpc) is 3.40. The van der Waals surface area contributed by atoms with E-state index in [0.717, 1.165) is 27.7 Å². The van der Waals surface area contributed by atoms with E-state index in [1.165, 1.54) is 23.3 Å². The summed E-state index contributed by atoms with van der Waals surface area (Å²) < 4.78 is 41.3. The second-order valence-corrected chi connectivity index (χ2v) is 11.9. The van der Waals surface area contributed by atoms with Gasteiger partial charge in [-0.1, -0.05) is 71.3 Å². The van der Waals surface area contributed by atoms with Crippen LogP contribution in [-0.4, -0.2) is 26.0 Å². The van der Waals surface area contributed by atoms with Gasteiger partial charge in [0.05, 0.1) is 18.6 Å². The van der Waals surface area contributed by atoms with Crippen LogP contribution in [0, 0.1) is 20.8 Å². The fourth-order valence-electron chi connectivity index (χ4n) is 4.47. The maximum atomic E-state index is 10.5. The van der Waals surface area contributed by atoms with Crippen LogP contribution in [0.15, 0.2) is 105 Å². The van der Waals surface area contributed by atoms with Gasteiger partial charge in [-0.25, -0.2) is 4.99 Å². The van der Waals surface area contributed by atoms with Crippen LogP contribution in [-0.2, 0) is 16.7 Å². The van der Waals surface area contributed by atoms with Crippen LogP contribution in [0.3, 0.4) is 0 Å². The molecule has 0 bridgehead atoms. The van der Waals surface area contributed by atoms with E-state index in [9.17, 15) is 8.42 Å². The number of benzene rings is 4. The standard InChI is InChI=1S/C26H26ClN3O2.C7H8O3S/c1-16-8-9-19(17(2)12-16)15-29-26(28)30-25(21-14-20(27)10-11-23(21)31-3)24-13-18-6-4-5-7-22(18)32-24;1-6-2-4-7(5-3-6)11(8,9)10/h4-14,25H,15H2,1-3H3,(H3,28,29,30);2-5H,1H3,(H,8,9,10). The lowest BCUT2D eigenvalue weighted by atomic mass is 10.0. The van der Waals surface area contributed by atoms with Crippen LogP contribution in [0.1, 0.15) is 39.6 Å². The number of nitrogens with two attached hydrogens (primary N) is 1. The molecule has 0 aliphatic rings. The second-order valence-electron chi connectivity index (χ2n) is 10.1. The Labute approximate surface area is 256 Å². The number of furan rings is 1. The molecule has 0 spiro atoms. The highest BCUT2D eigenvalue weighted by molar-refractivity contribution is 7.85. The number of ether oxygens (including phenoxy) is 1. The lowest BCUT2D eigenvalue weighted by Gasteiger charge is -2.20. The zero-order chi connectivity index (χ0) is 31.1. The summed E-state index contributed by atoms with van der Waals surface area (Å²) in [6.45, 7) is 6.47. The highest BCUT2D eigenvalue weighted by Crippen LogP contribution is 2.35. The fraction of sp³-hybridized carbons (Fsp3) is 0.182. The SMILES string of the molecule is COc1ccc(Cl)cc1C(NC(N)=NCc1ccc(C)cc1C)c1cc2ccccc2o1.Cc1ccc(S(=O)(=O)O)cc1. The molecule has 1 unspecified atom stereocenters. The maximum absolute atomic E-state index is 10.5. The third kappa shape index (κ3) is 8.38. The summed E-state index contributed by atoms with van der Waals surface area (Å²) in [7, 11) is -2.39. The summed E-state index contributed by atoms with van der Waals surface area (Å²) in [5, 5.41) is 4.90. The Hall–Kier alpha value is -4.31. The Morgan fingerprint density at radius 1 is 0.977 bits per heavy atom. The third-order valence-corrected chi connectivity index (χ3v) is 7.86. The van der Waals surface area contributed by atoms with Crippen molar-refractivity contribution in [3.8, 4) is 5.75 Å². The first kappa shape index (κ1) is 31.6. The van der Waals surface area contributed by atoms with Crippen molar-refractivity contribution >= 4 is 38.6 Å². The molecule has 0 radical (unpaired) electrons. The van der Waals surface area contributed by atoms with E-state index >= 15 is 0 Å². The summed E-state index contributed by atoms with van der Waals surface area (Å²) in [6.07, 6.45) is 0. The lowest BCUT2D eigenvalue weighted by Crippen LogP contribution is -2.35. The minimum atomic E-state index is -4.02. The van der Waals surface area contributed by atoms with E-state index in [2.05, 4.69) is 42.4 Å². The number of aryl methyl sites for hydroxylation is 3. The van der Waals surface area contributed by atoms with Gasteiger partial charge in [0.25, 0.3) is 10.1 Å². The number of aliphatic imine (C=N–C) groups is 1. The Morgan fingerprint density at radius 2 is 1.67 bits per heavy atom. The maximum Gasteiger partial charge on any atom is 0.294 e. The molecule has 4 N–H and O–H groups in total. The Kier molecular flexibility index (Phi) is 10.1. The molecule has 5 rings (SSSR count). The van der Waals surface area contributed by atoms with Gasteiger partial charge in [-0.15, -0.1) is 0 Å². The Balaban J connectivity index is 0.000000324. The quantitative estimate of drug-likeness (QED) is 0.100. The number of fused-ring (bicyclic) bond motifs is 1. The first-order valence-corrected chi connectivity index (χ1v) is 15.2. The Bertz CT molecular complexity index is 1820. The number of nitrogens with one attached hydrogen (secondary N) is 1. The first-order valence-electron chi connectivity index (χ1n) is 13.4. The summed E-state index contributed by atoms with van der Waals surface area (Å²) in [6, 6.07) is 27.2. The fourth-order valence-corrected chi connectivity index (χ4v) is 5.14. The molecule has 5 aromatic rings. The largest absolute Gasteiger partial charge is 0.496 e. The highest BCUT2D eigenvalue weighted by atomic mass is 35.5. The summed E-state index contributed by atoms with van der Waals surface area (Å²) in [5.41, 5.74) is 12.4. The number of rotatable bonds is 7. The van der Waals surface area contributed by atoms with E-state index in [1.54, 1.807) is 25.3 Å². The second kappa shape index (κ2) is 13.8. The van der Waals surface area contributed by atoms with Gasteiger partial charge in [0.15, 0.2) is 5.96 Å². The van der Waals surface area contributed by atoms with Gasteiger partial charge in [0, 0.05) is 16.0 Å². The molecule has 43 heavy (non-hydrogen) atoms. The van der Waals surface area contributed by atoms with Gasteiger partial charge in [-0.2, -0.15) is 8.42 Å². The van der Waals surface area contributed by atoms with Crippen LogP contribution in [0.5, 0.6) is 5.75 Å². The molecule has 0 amide bonds. The van der Waals surface area contributed by atoms with E-state index < -0.39 is 16.2 Å². The van der Waals surface area contributed by atoms with Crippen molar-refractivity contribution in [1.29, 1.82) is 0 Å². The minimum absolute atomic E-state index is 0.0666. The van der Waals surface area contributed by atoms with Gasteiger partial charge >= 0.3 is 0 Å². The predicted molar refractivity (Wildman–Crippen MR) is 171 cm³/mol. The van der Waals surface area contributed by atoms with E-state index in [1.807, 2.05) is 49.4 Å². The number of para-hydroxylation sites is 1. The number of hydrogen-bond acceptors (Lipinski definition) is 5. The molecule has 1 heterocycles. The average molecular weight is 620 g/mol. The van der Waals surface area contributed by atoms with Gasteiger partial charge in [-0.3, -0.25) is 4.55 Å². The van der Waals surface area contributed by atoms with Crippen molar-refractivity contribution in [2.75, 3.05) is 7.11 Å². The normalized spacial score (nSPS) is 12.4. The smallest absolute Gasteiger partial charge is 0.294 e. The molecule has 0 saturated carbocycles. The number of nitrogens with zero attached hydrogens (tertiary/aromatic N) is 1. The summed E-state index contributed by atoms with van der Waals surface area (Å²) >= 11 is 6.32. The molecule has 0 aliphatic carbocycles. The molecule has 8 nitrogen and oxygen atoms in total. The zero-order valence-corrected chi connectivity index (χ0v) is 25.9. The highest BCUT2D eigenvalue weighted by Gasteiger charge is 2.23. The van der Waals surface area contributed by atoms with Crippen molar-refractivity contribution in [1.82, 2.24) is 5.32 Å². The van der Waals surface area contributed by atoms with E-state index in [0.29, 0.717) is 29.0 Å². The molecule has 1 atom stereocenters. The van der Waals surface area contributed by atoms with Crippen molar-refractivity contribution < 1.29 is 22.1 Å². The molecule has 0 saturated heterocycles. The molecule has 10 heteroatoms. The van der Waals surface area contributed by atoms with Crippen molar-refractivity contribution in [2.24, 2.45) is 10.7 Å². The molecule has 1 aromatic heterocycles. The summed E-state index contributed by atoms with van der Waals surface area (Å²) in [4.78, 5) is 4.51. The number of methoxy groups -OCH3 is 1. The Morgan fingerprint density at radius 3 is 2.33 bits per heavy atom. The zero-order valence-electron chi connectivity index (χ0n) is 24.3. The van der Waals surface area contributed by atoms with Crippen LogP contribution in [0.4, 0.5) is 0 Å². The molecule has 0 fully saturated rings. The summed E-state index contributed by atoms with van der Waals surface area (Å²) in [5.74, 6) is 1.67. The minimum Gasteiger partial charge on any atom is -0.496 e. The topological polar surface area (TPSA) is 127 Å². The predicted octanol–water partition coefficient (Wildman–Crippen LogP) is 7.15. The number of hydrogen-bond donors (Lipinski definition) is 3. The van der Waals surface area contributed by atoms with Crippen molar-refractivity contribution in [3.05, 3.63) is 130 Å². The van der Waals surface area contributed by atoms with Crippen LogP contribution < -0.4 is 15.8 Å². The molecule has 4 aromatic carbocycles. The third-order valence-electron chi connectivity index (χ3n) is 6.76. The molecule has 0 aliphatic heterocycles. The van der Waals surface area contributed by atoms with Gasteiger partial charge in [-0.05, 0) is 74.4 Å². The van der Waals surface area contributed by atoms with Crippen molar-refractivity contribution in [2.45, 2.75) is 38.3 Å². The lowest BCUT2D eigenvalue weighted by molar-refractivity contribution is 0.401. The van der Waals surface area contributed by atoms with Crippen LogP contribution >= 0.6 is 11.6 Å². The van der Waals surface area contributed by atoms with Gasteiger partial charge < -0.3 is 20.2 Å². The van der Waals surface area contributed by atoms with E-state index in [-0.39, 0.29) is 4.90 Å². The van der Waals surface area contributed by atoms with Crippen LogP contribution in [0.2, 0.25) is 5.02 Å². The van der Waals surface area contributed by atoms with E-state index in [4.69, 9.17) is 31.0 Å². The van der Waals surface area contributed by atoms with Gasteiger partial charge in [0.2, 0.25) is 0 Å².